The summed E-state index contributed by atoms with van der Waals surface area (Å²) in [7, 11) is -3.89. The Balaban J connectivity index is 1.68. The summed E-state index contributed by atoms with van der Waals surface area (Å²) in [6, 6.07) is 11.6. The molecule has 1 saturated carbocycles. The molecule has 166 valence electrons. The molecule has 2 aliphatic rings. The van der Waals surface area contributed by atoms with Gasteiger partial charge in [-0.3, -0.25) is 4.79 Å². The van der Waals surface area contributed by atoms with Gasteiger partial charge in [0, 0.05) is 23.7 Å². The third-order valence-corrected chi connectivity index (χ3v) is 8.87. The number of ether oxygens (including phenoxy) is 2. The highest BCUT2D eigenvalue weighted by molar-refractivity contribution is 7.93. The maximum absolute atomic E-state index is 13.8. The van der Waals surface area contributed by atoms with E-state index in [0.29, 0.717) is 62.0 Å². The third-order valence-electron chi connectivity index (χ3n) is 6.12. The molecule has 0 spiro atoms. The Labute approximate surface area is 188 Å². The van der Waals surface area contributed by atoms with Crippen LogP contribution in [-0.4, -0.2) is 43.7 Å². The monoisotopic (exact) mass is 463 g/mol. The van der Waals surface area contributed by atoms with Crippen LogP contribution in [0.15, 0.2) is 47.4 Å². The van der Waals surface area contributed by atoms with Crippen LogP contribution in [0.25, 0.3) is 0 Å². The summed E-state index contributed by atoms with van der Waals surface area (Å²) in [5.74, 6) is 0.925. The summed E-state index contributed by atoms with van der Waals surface area (Å²) in [6.45, 7) is 3.44. The highest BCUT2D eigenvalue weighted by Gasteiger charge is 2.54. The number of carbonyl (C=O) groups is 1. The van der Waals surface area contributed by atoms with Gasteiger partial charge >= 0.3 is 0 Å². The molecule has 1 aliphatic heterocycles. The number of halogens is 1. The number of hydrogen-bond donors (Lipinski definition) is 0. The molecular formula is C23H26ClNO5S. The smallest absolute Gasteiger partial charge is 0.244 e. The molecule has 1 aliphatic carbocycles. The summed E-state index contributed by atoms with van der Waals surface area (Å²) in [4.78, 5) is 15.6. The normalized spacial score (nSPS) is 17.4. The molecule has 0 atom stereocenters. The van der Waals surface area contributed by atoms with Crippen molar-refractivity contribution in [2.75, 3.05) is 19.8 Å². The maximum Gasteiger partial charge on any atom is 0.244 e. The first-order valence-electron chi connectivity index (χ1n) is 10.6. The molecule has 0 bridgehead atoms. The van der Waals surface area contributed by atoms with Crippen LogP contribution in [0.1, 0.15) is 38.2 Å². The van der Waals surface area contributed by atoms with Crippen molar-refractivity contribution in [1.82, 2.24) is 4.90 Å². The van der Waals surface area contributed by atoms with E-state index in [4.69, 9.17) is 21.1 Å². The predicted octanol–water partition coefficient (Wildman–Crippen LogP) is 4.25. The second-order valence-corrected chi connectivity index (χ2v) is 10.6. The Bertz CT molecular complexity index is 1060. The van der Waals surface area contributed by atoms with Crippen LogP contribution < -0.4 is 9.47 Å². The quantitative estimate of drug-likeness (QED) is 0.640. The average Bonchev–Trinajstić information content (AvgIpc) is 3.29. The van der Waals surface area contributed by atoms with Crippen molar-refractivity contribution in [3.8, 4) is 11.5 Å². The lowest BCUT2D eigenvalue weighted by atomic mass is 10.0. The first-order valence-corrected chi connectivity index (χ1v) is 12.4. The molecule has 0 N–H and O–H groups in total. The standard InChI is InChI=1S/C23H26ClNO5S/c1-2-25(16-17-6-5-7-20-21(17)30-15-14-29-20)22(26)23(12-3-4-13-23)31(27,28)19-10-8-18(24)9-11-19/h5-11H,2-4,12-16H2,1H3. The number of benzene rings is 2. The highest BCUT2D eigenvalue weighted by atomic mass is 35.5. The maximum atomic E-state index is 13.8. The molecule has 1 heterocycles. The molecular weight excluding hydrogens is 438 g/mol. The lowest BCUT2D eigenvalue weighted by Gasteiger charge is -2.34. The van der Waals surface area contributed by atoms with Gasteiger partial charge in [0.05, 0.1) is 4.90 Å². The number of carbonyl (C=O) groups excluding carboxylic acids is 1. The van der Waals surface area contributed by atoms with Gasteiger partial charge in [-0.1, -0.05) is 36.6 Å². The minimum absolute atomic E-state index is 0.136. The molecule has 4 rings (SSSR count). The van der Waals surface area contributed by atoms with Crippen LogP contribution in [0.4, 0.5) is 0 Å². The van der Waals surface area contributed by atoms with Crippen LogP contribution >= 0.6 is 11.6 Å². The van der Waals surface area contributed by atoms with Crippen molar-refractivity contribution in [1.29, 1.82) is 0 Å². The molecule has 2 aromatic rings. The number of amides is 1. The van der Waals surface area contributed by atoms with Gasteiger partial charge in [0.1, 0.15) is 13.2 Å². The summed E-state index contributed by atoms with van der Waals surface area (Å²) >= 11 is 5.95. The van der Waals surface area contributed by atoms with Crippen molar-refractivity contribution in [3.63, 3.8) is 0 Å². The Morgan fingerprint density at radius 3 is 2.42 bits per heavy atom. The van der Waals surface area contributed by atoms with Gasteiger partial charge in [0.15, 0.2) is 26.1 Å². The summed E-state index contributed by atoms with van der Waals surface area (Å²) in [5.41, 5.74) is 0.810. The first-order chi connectivity index (χ1) is 14.9. The molecule has 1 amide bonds. The number of para-hydroxylation sites is 1. The zero-order chi connectivity index (χ0) is 22.1. The van der Waals surface area contributed by atoms with E-state index < -0.39 is 14.6 Å². The zero-order valence-electron chi connectivity index (χ0n) is 17.5. The van der Waals surface area contributed by atoms with Crippen molar-refractivity contribution < 1.29 is 22.7 Å². The molecule has 0 radical (unpaired) electrons. The number of hydrogen-bond acceptors (Lipinski definition) is 5. The van der Waals surface area contributed by atoms with Gasteiger partial charge in [-0.2, -0.15) is 0 Å². The van der Waals surface area contributed by atoms with Crippen molar-refractivity contribution in [2.24, 2.45) is 0 Å². The Morgan fingerprint density at radius 2 is 1.74 bits per heavy atom. The number of rotatable bonds is 6. The van der Waals surface area contributed by atoms with E-state index in [9.17, 15) is 13.2 Å². The van der Waals surface area contributed by atoms with Gasteiger partial charge in [0.25, 0.3) is 0 Å². The Hall–Kier alpha value is -2.25. The fourth-order valence-electron chi connectivity index (χ4n) is 4.46. The largest absolute Gasteiger partial charge is 0.486 e. The predicted molar refractivity (Wildman–Crippen MR) is 118 cm³/mol. The van der Waals surface area contributed by atoms with Crippen LogP contribution in [0.2, 0.25) is 5.02 Å². The van der Waals surface area contributed by atoms with Crippen molar-refractivity contribution >= 4 is 27.3 Å². The number of sulfone groups is 1. The van der Waals surface area contributed by atoms with E-state index in [1.54, 1.807) is 17.0 Å². The minimum Gasteiger partial charge on any atom is -0.486 e. The Morgan fingerprint density at radius 1 is 1.06 bits per heavy atom. The zero-order valence-corrected chi connectivity index (χ0v) is 19.0. The Kier molecular flexibility index (Phi) is 6.17. The SMILES string of the molecule is CCN(Cc1cccc2c1OCCO2)C(=O)C1(S(=O)(=O)c2ccc(Cl)cc2)CCCC1. The van der Waals surface area contributed by atoms with E-state index in [1.807, 2.05) is 25.1 Å². The van der Waals surface area contributed by atoms with Gasteiger partial charge in [-0.25, -0.2) is 8.42 Å². The van der Waals surface area contributed by atoms with Gasteiger partial charge in [0.2, 0.25) is 5.91 Å². The lowest BCUT2D eigenvalue weighted by molar-refractivity contribution is -0.134. The molecule has 0 unspecified atom stereocenters. The topological polar surface area (TPSA) is 72.9 Å². The van der Waals surface area contributed by atoms with Crippen LogP contribution in [0, 0.1) is 0 Å². The summed E-state index contributed by atoms with van der Waals surface area (Å²) < 4.78 is 37.3. The molecule has 6 nitrogen and oxygen atoms in total. The van der Waals surface area contributed by atoms with Crippen molar-refractivity contribution in [2.45, 2.75) is 48.8 Å². The molecule has 0 aromatic heterocycles. The van der Waals surface area contributed by atoms with Gasteiger partial charge < -0.3 is 14.4 Å². The van der Waals surface area contributed by atoms with Crippen molar-refractivity contribution in [3.05, 3.63) is 53.1 Å². The second-order valence-electron chi connectivity index (χ2n) is 7.92. The number of fused-ring (bicyclic) bond motifs is 1. The summed E-state index contributed by atoms with van der Waals surface area (Å²) in [5, 5.41) is 0.456. The van der Waals surface area contributed by atoms with Gasteiger partial charge in [-0.05, 0) is 50.1 Å². The fraction of sp³-hybridized carbons (Fsp3) is 0.435. The second kappa shape index (κ2) is 8.71. The molecule has 0 saturated heterocycles. The number of nitrogens with zero attached hydrogens (tertiary/aromatic N) is 1. The van der Waals surface area contributed by atoms with Gasteiger partial charge in [-0.15, -0.1) is 0 Å². The van der Waals surface area contributed by atoms with Crippen LogP contribution in [0.5, 0.6) is 11.5 Å². The first kappa shape index (κ1) is 22.0. The average molecular weight is 464 g/mol. The summed E-state index contributed by atoms with van der Waals surface area (Å²) in [6.07, 6.45) is 2.04. The fourth-order valence-corrected chi connectivity index (χ4v) is 6.72. The highest BCUT2D eigenvalue weighted by Crippen LogP contribution is 2.43. The van der Waals surface area contributed by atoms with E-state index >= 15 is 0 Å². The third kappa shape index (κ3) is 3.89. The molecule has 8 heteroatoms. The molecule has 2 aromatic carbocycles. The minimum atomic E-state index is -3.89. The van der Waals surface area contributed by atoms with E-state index in [1.165, 1.54) is 12.1 Å². The molecule has 31 heavy (non-hydrogen) atoms. The molecule has 1 fully saturated rings. The van der Waals surface area contributed by atoms with Crippen LogP contribution in [0.3, 0.4) is 0 Å². The van der Waals surface area contributed by atoms with E-state index in [2.05, 4.69) is 0 Å². The van der Waals surface area contributed by atoms with E-state index in [0.717, 1.165) is 5.56 Å². The van der Waals surface area contributed by atoms with Crippen LogP contribution in [-0.2, 0) is 21.2 Å². The van der Waals surface area contributed by atoms with E-state index in [-0.39, 0.29) is 17.3 Å². The lowest BCUT2D eigenvalue weighted by Crippen LogP contribution is -2.52.